The van der Waals surface area contributed by atoms with Crippen LogP contribution in [-0.4, -0.2) is 51.1 Å². The van der Waals surface area contributed by atoms with Crippen molar-refractivity contribution in [3.8, 4) is 5.69 Å². The number of thioether (sulfide) groups is 1. The third-order valence-electron chi connectivity index (χ3n) is 3.94. The lowest BCUT2D eigenvalue weighted by molar-refractivity contribution is 0.0931. The van der Waals surface area contributed by atoms with Gasteiger partial charge in [0.1, 0.15) is 0 Å². The average molecular weight is 433 g/mol. The Balaban J connectivity index is 1.90. The van der Waals surface area contributed by atoms with Crippen molar-refractivity contribution < 1.29 is 9.53 Å². The Morgan fingerprint density at radius 2 is 1.90 bits per heavy atom. The molecule has 0 saturated carbocycles. The third-order valence-corrected chi connectivity index (χ3v) is 5.05. The zero-order chi connectivity index (χ0) is 20.8. The zero-order valence-corrected chi connectivity index (χ0v) is 17.9. The summed E-state index contributed by atoms with van der Waals surface area (Å²) >= 11 is 7.42. The molecular weight excluding hydrogens is 412 g/mol. The molecule has 0 aliphatic rings. The van der Waals surface area contributed by atoms with E-state index in [1.54, 1.807) is 23.9 Å². The van der Waals surface area contributed by atoms with Gasteiger partial charge < -0.3 is 10.1 Å². The molecular formula is C19H21ClN6O2S. The molecule has 0 atom stereocenters. The fraction of sp³-hybridized carbons (Fsp3) is 0.316. The molecule has 1 N–H and O–H groups in total. The first-order valence-electron chi connectivity index (χ1n) is 8.90. The highest BCUT2D eigenvalue weighted by atomic mass is 35.5. The smallest absolute Gasteiger partial charge is 0.273 e. The molecule has 3 rings (SSSR count). The van der Waals surface area contributed by atoms with Crippen LogP contribution < -0.4 is 5.32 Å². The molecule has 0 radical (unpaired) electrons. The molecule has 1 amide bonds. The van der Waals surface area contributed by atoms with Gasteiger partial charge in [0.05, 0.1) is 18.0 Å². The monoisotopic (exact) mass is 432 g/mol. The van der Waals surface area contributed by atoms with Crippen LogP contribution in [0.2, 0.25) is 5.02 Å². The van der Waals surface area contributed by atoms with Crippen LogP contribution in [0.3, 0.4) is 0 Å². The Hall–Kier alpha value is -2.49. The molecule has 0 aliphatic heterocycles. The summed E-state index contributed by atoms with van der Waals surface area (Å²) in [6, 6.07) is 9.09. The summed E-state index contributed by atoms with van der Waals surface area (Å²) in [5, 5.41) is 12.3. The number of hydrogen-bond donors (Lipinski definition) is 1. The Morgan fingerprint density at radius 1 is 1.21 bits per heavy atom. The Bertz CT molecular complexity index is 973. The molecule has 0 aliphatic carbocycles. The molecule has 0 unspecified atom stereocenters. The van der Waals surface area contributed by atoms with E-state index in [1.807, 2.05) is 32.0 Å². The number of amides is 1. The van der Waals surface area contributed by atoms with Gasteiger partial charge in [0.15, 0.2) is 10.9 Å². The molecule has 8 nitrogen and oxygen atoms in total. The molecule has 29 heavy (non-hydrogen) atoms. The van der Waals surface area contributed by atoms with Gasteiger partial charge in [-0.1, -0.05) is 28.6 Å². The number of carbonyl (C=O) groups is 1. The number of halogens is 1. The largest absolute Gasteiger partial charge is 0.383 e. The number of benzene rings is 1. The molecule has 2 heterocycles. The van der Waals surface area contributed by atoms with Gasteiger partial charge in [-0.25, -0.2) is 14.6 Å². The summed E-state index contributed by atoms with van der Waals surface area (Å²) in [6.45, 7) is 4.65. The van der Waals surface area contributed by atoms with Crippen molar-refractivity contribution in [3.05, 3.63) is 58.1 Å². The highest BCUT2D eigenvalue weighted by molar-refractivity contribution is 7.98. The summed E-state index contributed by atoms with van der Waals surface area (Å²) in [6.07, 6.45) is 0. The van der Waals surface area contributed by atoms with Gasteiger partial charge in [-0.3, -0.25) is 4.79 Å². The third kappa shape index (κ3) is 5.53. The van der Waals surface area contributed by atoms with Gasteiger partial charge >= 0.3 is 0 Å². The van der Waals surface area contributed by atoms with Gasteiger partial charge in [-0.05, 0) is 44.2 Å². The number of methoxy groups -OCH3 is 1. The van der Waals surface area contributed by atoms with E-state index in [-0.39, 0.29) is 11.6 Å². The molecule has 3 aromatic rings. The Labute approximate surface area is 178 Å². The lowest BCUT2D eigenvalue weighted by atomic mass is 10.3. The molecule has 0 saturated heterocycles. The molecule has 0 fully saturated rings. The second kappa shape index (κ2) is 9.82. The predicted molar refractivity (Wildman–Crippen MR) is 112 cm³/mol. The number of aryl methyl sites for hydroxylation is 2. The fourth-order valence-corrected chi connectivity index (χ4v) is 3.71. The van der Waals surface area contributed by atoms with Gasteiger partial charge in [0.25, 0.3) is 5.91 Å². The average Bonchev–Trinajstić information content (AvgIpc) is 3.10. The number of hydrogen-bond acceptors (Lipinski definition) is 7. The van der Waals surface area contributed by atoms with Gasteiger partial charge in [-0.15, -0.1) is 5.10 Å². The molecule has 2 aromatic heterocycles. The van der Waals surface area contributed by atoms with Crippen LogP contribution in [0.4, 0.5) is 0 Å². The lowest BCUT2D eigenvalue weighted by Crippen LogP contribution is -2.28. The van der Waals surface area contributed by atoms with Crippen LogP contribution in [0.1, 0.15) is 27.6 Å². The van der Waals surface area contributed by atoms with E-state index >= 15 is 0 Å². The standard InChI is InChI=1S/C19H21ClN6O2S/c1-12-10-13(2)23-19(22-12)29-11-16-17(18(27)21-8-9-28-3)24-25-26(16)15-6-4-14(20)5-7-15/h4-7,10H,8-9,11H2,1-3H3,(H,21,27). The van der Waals surface area contributed by atoms with E-state index in [9.17, 15) is 4.79 Å². The van der Waals surface area contributed by atoms with Crippen molar-refractivity contribution in [1.29, 1.82) is 0 Å². The number of carbonyl (C=O) groups excluding carboxylic acids is 1. The first kappa shape index (κ1) is 21.2. The Morgan fingerprint density at radius 3 is 2.55 bits per heavy atom. The quantitative estimate of drug-likeness (QED) is 0.332. The van der Waals surface area contributed by atoms with Crippen molar-refractivity contribution in [1.82, 2.24) is 30.3 Å². The number of nitrogens with one attached hydrogen (secondary N) is 1. The van der Waals surface area contributed by atoms with Gasteiger partial charge in [0, 0.05) is 35.8 Å². The SMILES string of the molecule is COCCNC(=O)c1nnn(-c2ccc(Cl)cc2)c1CSc1nc(C)cc(C)n1. The van der Waals surface area contributed by atoms with E-state index < -0.39 is 0 Å². The van der Waals surface area contributed by atoms with Gasteiger partial charge in [-0.2, -0.15) is 0 Å². The summed E-state index contributed by atoms with van der Waals surface area (Å²) in [7, 11) is 1.58. The first-order chi connectivity index (χ1) is 14.0. The van der Waals surface area contributed by atoms with E-state index in [0.29, 0.717) is 34.8 Å². The summed E-state index contributed by atoms with van der Waals surface area (Å²) in [5.41, 5.74) is 3.45. The van der Waals surface area contributed by atoms with Crippen molar-refractivity contribution >= 4 is 29.3 Å². The van der Waals surface area contributed by atoms with E-state index in [1.165, 1.54) is 11.8 Å². The number of rotatable bonds is 8. The molecule has 10 heteroatoms. The minimum absolute atomic E-state index is 0.257. The normalized spacial score (nSPS) is 10.9. The van der Waals surface area contributed by atoms with Crippen LogP contribution >= 0.6 is 23.4 Å². The second-order valence-corrected chi connectivity index (χ2v) is 7.62. The van der Waals surface area contributed by atoms with Gasteiger partial charge in [0.2, 0.25) is 0 Å². The van der Waals surface area contributed by atoms with Crippen LogP contribution in [0.25, 0.3) is 5.69 Å². The summed E-state index contributed by atoms with van der Waals surface area (Å²) in [5.74, 6) is 0.116. The van der Waals surface area contributed by atoms with E-state index in [4.69, 9.17) is 16.3 Å². The predicted octanol–water partition coefficient (Wildman–Crippen LogP) is 3.00. The maximum absolute atomic E-state index is 12.6. The van der Waals surface area contributed by atoms with Crippen molar-refractivity contribution in [2.45, 2.75) is 24.8 Å². The summed E-state index contributed by atoms with van der Waals surface area (Å²) < 4.78 is 6.62. The van der Waals surface area contributed by atoms with Crippen molar-refractivity contribution in [2.75, 3.05) is 20.3 Å². The molecule has 0 spiro atoms. The van der Waals surface area contributed by atoms with E-state index in [2.05, 4.69) is 25.6 Å². The number of aromatic nitrogens is 5. The van der Waals surface area contributed by atoms with Crippen LogP contribution in [0.5, 0.6) is 0 Å². The molecule has 0 bridgehead atoms. The minimum Gasteiger partial charge on any atom is -0.383 e. The van der Waals surface area contributed by atoms with Crippen LogP contribution in [0.15, 0.2) is 35.5 Å². The first-order valence-corrected chi connectivity index (χ1v) is 10.3. The highest BCUT2D eigenvalue weighted by Crippen LogP contribution is 2.24. The lowest BCUT2D eigenvalue weighted by Gasteiger charge is -2.09. The maximum Gasteiger partial charge on any atom is 0.273 e. The molecule has 1 aromatic carbocycles. The second-order valence-electron chi connectivity index (χ2n) is 6.24. The zero-order valence-electron chi connectivity index (χ0n) is 16.3. The van der Waals surface area contributed by atoms with Crippen molar-refractivity contribution in [3.63, 3.8) is 0 Å². The molecule has 152 valence electrons. The summed E-state index contributed by atoms with van der Waals surface area (Å²) in [4.78, 5) is 21.5. The topological polar surface area (TPSA) is 94.8 Å². The highest BCUT2D eigenvalue weighted by Gasteiger charge is 2.21. The van der Waals surface area contributed by atoms with Crippen molar-refractivity contribution in [2.24, 2.45) is 0 Å². The minimum atomic E-state index is -0.306. The number of nitrogens with zero attached hydrogens (tertiary/aromatic N) is 5. The Kier molecular flexibility index (Phi) is 7.18. The van der Waals surface area contributed by atoms with Crippen LogP contribution in [-0.2, 0) is 10.5 Å². The fourth-order valence-electron chi connectivity index (χ4n) is 2.64. The van der Waals surface area contributed by atoms with Crippen LogP contribution in [0, 0.1) is 13.8 Å². The van der Waals surface area contributed by atoms with E-state index in [0.717, 1.165) is 17.1 Å². The maximum atomic E-state index is 12.6. The number of ether oxygens (including phenoxy) is 1.